The molecule has 0 aliphatic heterocycles. The molecule has 0 aliphatic carbocycles. The summed E-state index contributed by atoms with van der Waals surface area (Å²) < 4.78 is 2.51. The molecule has 11 aromatic rings. The molecule has 0 spiro atoms. The van der Waals surface area contributed by atoms with Crippen molar-refractivity contribution in [3.8, 4) is 16.8 Å². The van der Waals surface area contributed by atoms with Crippen LogP contribution < -0.4 is 9.80 Å². The molecule has 0 fully saturated rings. The Kier molecular flexibility index (Phi) is 8.49. The van der Waals surface area contributed by atoms with Crippen LogP contribution in [0, 0.1) is 0 Å². The van der Waals surface area contributed by atoms with Gasteiger partial charge in [-0.1, -0.05) is 164 Å². The van der Waals surface area contributed by atoms with Gasteiger partial charge in [-0.2, -0.15) is 0 Å². The van der Waals surface area contributed by atoms with Crippen molar-refractivity contribution in [1.29, 1.82) is 0 Å². The highest BCUT2D eigenvalue weighted by Gasteiger charge is 2.25. The molecule has 1 heterocycles. The van der Waals surface area contributed by atoms with E-state index in [-0.39, 0.29) is 0 Å². The zero-order chi connectivity index (χ0) is 39.1. The molecule has 0 N–H and O–H groups in total. The number of para-hydroxylation sites is 4. The van der Waals surface area contributed by atoms with E-state index in [0.717, 1.165) is 50.8 Å². The predicted molar refractivity (Wildman–Crippen MR) is 251 cm³/mol. The fourth-order valence-electron chi connectivity index (χ4n) is 8.96. The smallest absolute Gasteiger partial charge is 0.0568 e. The minimum absolute atomic E-state index is 1.10. The van der Waals surface area contributed by atoms with E-state index >= 15 is 0 Å². The molecule has 0 aliphatic rings. The Morgan fingerprint density at radius 2 is 0.610 bits per heavy atom. The van der Waals surface area contributed by atoms with Gasteiger partial charge in [0.05, 0.1) is 22.4 Å². The maximum Gasteiger partial charge on any atom is 0.0568 e. The molecule has 11 rings (SSSR count). The molecule has 0 bridgehead atoms. The second kappa shape index (κ2) is 14.6. The van der Waals surface area contributed by atoms with E-state index in [0.29, 0.717) is 0 Å². The molecule has 0 unspecified atom stereocenters. The average molecular weight is 754 g/mol. The molecule has 59 heavy (non-hydrogen) atoms. The molecule has 0 saturated carbocycles. The first-order valence-corrected chi connectivity index (χ1v) is 20.2. The maximum absolute atomic E-state index is 2.51. The largest absolute Gasteiger partial charge is 0.310 e. The third-order valence-corrected chi connectivity index (χ3v) is 11.5. The van der Waals surface area contributed by atoms with E-state index in [1.54, 1.807) is 0 Å². The topological polar surface area (TPSA) is 11.4 Å². The zero-order valence-electron chi connectivity index (χ0n) is 32.4. The third-order valence-electron chi connectivity index (χ3n) is 11.5. The van der Waals surface area contributed by atoms with Gasteiger partial charge in [-0.05, 0) is 94.7 Å². The van der Waals surface area contributed by atoms with E-state index in [1.165, 1.54) is 43.4 Å². The standard InChI is InChI=1S/C56H39N3/c1-6-21-40(22-7-1)41-23-20-32-46(37-41)59-53-38-51(57(42-24-8-2-9-25-42)43-26-10-3-11-27-43)47-33-16-18-35-49(47)55(53)56-50-36-19-17-34-48(50)52(39-54(56)59)58(44-28-12-4-13-29-44)45-30-14-5-15-31-45/h1-39H. The highest BCUT2D eigenvalue weighted by Crippen LogP contribution is 2.50. The van der Waals surface area contributed by atoms with E-state index in [9.17, 15) is 0 Å². The molecule has 10 aromatic carbocycles. The Morgan fingerprint density at radius 1 is 0.271 bits per heavy atom. The predicted octanol–water partition coefficient (Wildman–Crippen LogP) is 15.7. The normalized spacial score (nSPS) is 11.4. The van der Waals surface area contributed by atoms with Gasteiger partial charge in [-0.3, -0.25) is 0 Å². The van der Waals surface area contributed by atoms with Crippen LogP contribution in [0.2, 0.25) is 0 Å². The van der Waals surface area contributed by atoms with Crippen LogP contribution in [0.3, 0.4) is 0 Å². The molecule has 0 radical (unpaired) electrons. The van der Waals surface area contributed by atoms with Crippen molar-refractivity contribution in [1.82, 2.24) is 4.57 Å². The van der Waals surface area contributed by atoms with Crippen LogP contribution in [0.4, 0.5) is 34.1 Å². The van der Waals surface area contributed by atoms with Crippen LogP contribution in [-0.4, -0.2) is 4.57 Å². The summed E-state index contributed by atoms with van der Waals surface area (Å²) in [6.07, 6.45) is 0. The third kappa shape index (κ3) is 5.91. The summed E-state index contributed by atoms with van der Waals surface area (Å²) in [6.45, 7) is 0. The lowest BCUT2D eigenvalue weighted by Crippen LogP contribution is -2.11. The lowest BCUT2D eigenvalue weighted by molar-refractivity contribution is 1.18. The highest BCUT2D eigenvalue weighted by atomic mass is 15.2. The molecule has 1 aromatic heterocycles. The number of anilines is 6. The average Bonchev–Trinajstić information content (AvgIpc) is 3.65. The van der Waals surface area contributed by atoms with Gasteiger partial charge in [0.1, 0.15) is 0 Å². The van der Waals surface area contributed by atoms with Crippen molar-refractivity contribution in [3.05, 3.63) is 237 Å². The van der Waals surface area contributed by atoms with Crippen LogP contribution >= 0.6 is 0 Å². The summed E-state index contributed by atoms with van der Waals surface area (Å²) in [6, 6.07) is 85.4. The molecule has 3 nitrogen and oxygen atoms in total. The lowest BCUT2D eigenvalue weighted by atomic mass is 9.96. The zero-order valence-corrected chi connectivity index (χ0v) is 32.4. The second-order valence-electron chi connectivity index (χ2n) is 14.9. The Balaban J connectivity index is 1.32. The molecular weight excluding hydrogens is 715 g/mol. The molecule has 0 amide bonds. The Hall–Kier alpha value is -7.88. The second-order valence-corrected chi connectivity index (χ2v) is 14.9. The molecule has 0 atom stereocenters. The van der Waals surface area contributed by atoms with Gasteiger partial charge < -0.3 is 14.4 Å². The minimum Gasteiger partial charge on any atom is -0.310 e. The van der Waals surface area contributed by atoms with Crippen molar-refractivity contribution in [2.45, 2.75) is 0 Å². The number of aromatic nitrogens is 1. The number of nitrogens with zero attached hydrogens (tertiary/aromatic N) is 3. The van der Waals surface area contributed by atoms with Gasteiger partial charge in [-0.25, -0.2) is 0 Å². The summed E-state index contributed by atoms with van der Waals surface area (Å²) in [5, 5.41) is 7.27. The van der Waals surface area contributed by atoms with Crippen LogP contribution in [-0.2, 0) is 0 Å². The van der Waals surface area contributed by atoms with Crippen molar-refractivity contribution in [2.75, 3.05) is 9.80 Å². The fourth-order valence-corrected chi connectivity index (χ4v) is 8.96. The Morgan fingerprint density at radius 3 is 1.02 bits per heavy atom. The molecule has 0 saturated heterocycles. The van der Waals surface area contributed by atoms with Crippen molar-refractivity contribution in [3.63, 3.8) is 0 Å². The molecule has 278 valence electrons. The van der Waals surface area contributed by atoms with E-state index in [1.807, 2.05) is 0 Å². The van der Waals surface area contributed by atoms with Crippen LogP contribution in [0.5, 0.6) is 0 Å². The molecule has 3 heteroatoms. The van der Waals surface area contributed by atoms with Gasteiger partial charge in [0, 0.05) is 50.0 Å². The summed E-state index contributed by atoms with van der Waals surface area (Å²) >= 11 is 0. The van der Waals surface area contributed by atoms with Crippen LogP contribution in [0.15, 0.2) is 237 Å². The number of benzene rings is 10. The molecular formula is C56H39N3. The van der Waals surface area contributed by atoms with Gasteiger partial charge >= 0.3 is 0 Å². The Labute approximate surface area is 343 Å². The first-order chi connectivity index (χ1) is 29.3. The number of rotatable bonds is 8. The van der Waals surface area contributed by atoms with E-state index < -0.39 is 0 Å². The van der Waals surface area contributed by atoms with Crippen molar-refractivity contribution < 1.29 is 0 Å². The number of fused-ring (bicyclic) bond motifs is 7. The van der Waals surface area contributed by atoms with E-state index in [2.05, 4.69) is 251 Å². The van der Waals surface area contributed by atoms with Gasteiger partial charge in [0.25, 0.3) is 0 Å². The summed E-state index contributed by atoms with van der Waals surface area (Å²) in [5.74, 6) is 0. The first kappa shape index (κ1) is 34.4. The number of hydrogen-bond acceptors (Lipinski definition) is 2. The SMILES string of the molecule is c1ccc(-c2cccc(-n3c4cc(N(c5ccccc5)c5ccccc5)c5ccccc5c4c4c5ccccc5c(N(c5ccccc5)c5ccccc5)cc43)c2)cc1. The number of hydrogen-bond donors (Lipinski definition) is 0. The first-order valence-electron chi connectivity index (χ1n) is 20.2. The lowest BCUT2D eigenvalue weighted by Gasteiger charge is -2.27. The van der Waals surface area contributed by atoms with Crippen LogP contribution in [0.25, 0.3) is 60.2 Å². The van der Waals surface area contributed by atoms with Crippen molar-refractivity contribution >= 4 is 77.5 Å². The monoisotopic (exact) mass is 753 g/mol. The van der Waals surface area contributed by atoms with E-state index in [4.69, 9.17) is 0 Å². The fraction of sp³-hybridized carbons (Fsp3) is 0. The quantitative estimate of drug-likeness (QED) is 0.153. The van der Waals surface area contributed by atoms with Gasteiger partial charge in [0.15, 0.2) is 0 Å². The van der Waals surface area contributed by atoms with Crippen LogP contribution in [0.1, 0.15) is 0 Å². The summed E-state index contributed by atoms with van der Waals surface area (Å²) in [5.41, 5.74) is 12.4. The van der Waals surface area contributed by atoms with Gasteiger partial charge in [0.2, 0.25) is 0 Å². The minimum atomic E-state index is 1.10. The van der Waals surface area contributed by atoms with Gasteiger partial charge in [-0.15, -0.1) is 0 Å². The van der Waals surface area contributed by atoms with Crippen molar-refractivity contribution in [2.24, 2.45) is 0 Å². The highest BCUT2D eigenvalue weighted by molar-refractivity contribution is 6.32. The summed E-state index contributed by atoms with van der Waals surface area (Å²) in [4.78, 5) is 4.81. The summed E-state index contributed by atoms with van der Waals surface area (Å²) in [7, 11) is 0. The Bertz CT molecular complexity index is 2990. The maximum atomic E-state index is 2.51.